The van der Waals surface area contributed by atoms with Crippen LogP contribution >= 0.6 is 0 Å². The van der Waals surface area contributed by atoms with Crippen LogP contribution in [0.25, 0.3) is 23.5 Å². The van der Waals surface area contributed by atoms with Crippen molar-refractivity contribution in [3.63, 3.8) is 0 Å². The zero-order chi connectivity index (χ0) is 14.8. The third-order valence-corrected chi connectivity index (χ3v) is 3.47. The monoisotopic (exact) mass is 286 g/mol. The summed E-state index contributed by atoms with van der Waals surface area (Å²) in [6, 6.07) is 8.22. The molecule has 0 fully saturated rings. The van der Waals surface area contributed by atoms with Gasteiger partial charge in [-0.15, -0.1) is 0 Å². The SMILES string of the molecule is C1=C/C(=C/c2ccc(-c3ccc(/C=C4\C=CC=N4)[nH]3)[nH]2)N=C1. The van der Waals surface area contributed by atoms with Gasteiger partial charge in [-0.3, -0.25) is 9.98 Å². The maximum absolute atomic E-state index is 4.24. The molecule has 2 aliphatic rings. The highest BCUT2D eigenvalue weighted by atomic mass is 14.8. The molecule has 0 saturated carbocycles. The molecule has 0 aliphatic carbocycles. The van der Waals surface area contributed by atoms with E-state index in [2.05, 4.69) is 32.1 Å². The van der Waals surface area contributed by atoms with Gasteiger partial charge in [-0.1, -0.05) is 0 Å². The van der Waals surface area contributed by atoms with Gasteiger partial charge >= 0.3 is 0 Å². The zero-order valence-corrected chi connectivity index (χ0v) is 11.8. The number of allylic oxidation sites excluding steroid dienone is 4. The Balaban J connectivity index is 1.58. The molecule has 0 bridgehead atoms. The molecule has 4 heterocycles. The van der Waals surface area contributed by atoms with Gasteiger partial charge in [-0.2, -0.15) is 0 Å². The molecule has 0 spiro atoms. The van der Waals surface area contributed by atoms with E-state index in [9.17, 15) is 0 Å². The summed E-state index contributed by atoms with van der Waals surface area (Å²) in [6.45, 7) is 0. The Bertz CT molecular complexity index is 780. The maximum atomic E-state index is 4.24. The number of aromatic nitrogens is 2. The fourth-order valence-corrected chi connectivity index (χ4v) is 2.42. The Hall–Kier alpha value is -3.14. The highest BCUT2D eigenvalue weighted by molar-refractivity contribution is 5.80. The summed E-state index contributed by atoms with van der Waals surface area (Å²) in [5, 5.41) is 0. The zero-order valence-electron chi connectivity index (χ0n) is 11.8. The van der Waals surface area contributed by atoms with Gasteiger partial charge in [-0.25, -0.2) is 0 Å². The van der Waals surface area contributed by atoms with Crippen molar-refractivity contribution in [2.75, 3.05) is 0 Å². The average molecular weight is 286 g/mol. The van der Waals surface area contributed by atoms with E-state index in [1.54, 1.807) is 12.4 Å². The molecule has 2 aromatic rings. The largest absolute Gasteiger partial charge is 0.354 e. The van der Waals surface area contributed by atoms with E-state index in [0.717, 1.165) is 34.2 Å². The number of rotatable bonds is 3. The molecule has 0 amide bonds. The predicted octanol–water partition coefficient (Wildman–Crippen LogP) is 3.97. The summed E-state index contributed by atoms with van der Waals surface area (Å²) >= 11 is 0. The number of nitrogens with one attached hydrogen (secondary N) is 2. The second-order valence-electron chi connectivity index (χ2n) is 5.07. The molecule has 0 radical (unpaired) electrons. The average Bonchev–Trinajstić information content (AvgIpc) is 3.27. The number of nitrogens with zero attached hydrogens (tertiary/aromatic N) is 2. The Labute approximate surface area is 128 Å². The van der Waals surface area contributed by atoms with Crippen LogP contribution in [0.2, 0.25) is 0 Å². The van der Waals surface area contributed by atoms with Gasteiger partial charge in [0.1, 0.15) is 0 Å². The molecular weight excluding hydrogens is 272 g/mol. The van der Waals surface area contributed by atoms with Crippen LogP contribution in [0.1, 0.15) is 11.4 Å². The first-order valence-electron chi connectivity index (χ1n) is 7.10. The summed E-state index contributed by atoms with van der Waals surface area (Å²) in [7, 11) is 0. The van der Waals surface area contributed by atoms with Crippen molar-refractivity contribution in [1.82, 2.24) is 9.97 Å². The topological polar surface area (TPSA) is 56.3 Å². The minimum atomic E-state index is 0.955. The Morgan fingerprint density at radius 1 is 0.682 bits per heavy atom. The fraction of sp³-hybridized carbons (Fsp3) is 0. The molecule has 106 valence electrons. The molecule has 0 saturated heterocycles. The fourth-order valence-electron chi connectivity index (χ4n) is 2.42. The van der Waals surface area contributed by atoms with Gasteiger partial charge in [0.2, 0.25) is 0 Å². The minimum absolute atomic E-state index is 0.955. The number of hydrogen-bond donors (Lipinski definition) is 2. The second kappa shape index (κ2) is 5.33. The standard InChI is InChI=1S/C18H14N4/c1-3-13(19-9-1)11-15-5-7-17(21-15)18-8-6-16(22-18)12-14-4-2-10-20-14/h1-12,21-22H/b13-11-,14-12+. The molecule has 4 heteroatoms. The Morgan fingerprint density at radius 2 is 1.18 bits per heavy atom. The van der Waals surface area contributed by atoms with E-state index in [1.807, 2.05) is 48.6 Å². The van der Waals surface area contributed by atoms with E-state index in [4.69, 9.17) is 0 Å². The molecule has 0 aromatic carbocycles. The van der Waals surface area contributed by atoms with Crippen molar-refractivity contribution >= 4 is 24.6 Å². The summed E-state index contributed by atoms with van der Waals surface area (Å²) < 4.78 is 0. The third-order valence-electron chi connectivity index (χ3n) is 3.47. The van der Waals surface area contributed by atoms with Gasteiger partial charge in [0.15, 0.2) is 0 Å². The third kappa shape index (κ3) is 2.54. The summed E-state index contributed by atoms with van der Waals surface area (Å²) in [5.74, 6) is 0. The van der Waals surface area contributed by atoms with E-state index in [1.165, 1.54) is 0 Å². The van der Waals surface area contributed by atoms with Crippen LogP contribution in [0.4, 0.5) is 0 Å². The molecule has 4 nitrogen and oxygen atoms in total. The number of aromatic amines is 2. The molecule has 0 atom stereocenters. The lowest BCUT2D eigenvalue weighted by Crippen LogP contribution is -1.80. The van der Waals surface area contributed by atoms with Gasteiger partial charge in [0.25, 0.3) is 0 Å². The Kier molecular flexibility index (Phi) is 3.05. The van der Waals surface area contributed by atoms with Crippen LogP contribution < -0.4 is 0 Å². The first-order chi connectivity index (χ1) is 10.9. The first-order valence-corrected chi connectivity index (χ1v) is 7.10. The van der Waals surface area contributed by atoms with Crippen molar-refractivity contribution in [2.45, 2.75) is 0 Å². The van der Waals surface area contributed by atoms with Gasteiger partial charge in [0.05, 0.1) is 22.8 Å². The van der Waals surface area contributed by atoms with Crippen molar-refractivity contribution in [1.29, 1.82) is 0 Å². The van der Waals surface area contributed by atoms with E-state index >= 15 is 0 Å². The Morgan fingerprint density at radius 3 is 1.59 bits per heavy atom. The van der Waals surface area contributed by atoms with Crippen LogP contribution in [0.15, 0.2) is 69.9 Å². The number of H-pyrrole nitrogens is 2. The van der Waals surface area contributed by atoms with Crippen LogP contribution in [-0.2, 0) is 0 Å². The summed E-state index contributed by atoms with van der Waals surface area (Å²) in [6.07, 6.45) is 15.5. The van der Waals surface area contributed by atoms with Crippen LogP contribution in [-0.4, -0.2) is 22.4 Å². The van der Waals surface area contributed by atoms with Gasteiger partial charge in [-0.05, 0) is 60.7 Å². The lowest BCUT2D eigenvalue weighted by atomic mass is 10.3. The van der Waals surface area contributed by atoms with Crippen LogP contribution in [0.3, 0.4) is 0 Å². The van der Waals surface area contributed by atoms with Gasteiger partial charge < -0.3 is 9.97 Å². The molecular formula is C18H14N4. The lowest BCUT2D eigenvalue weighted by Gasteiger charge is -1.94. The summed E-state index contributed by atoms with van der Waals surface area (Å²) in [5.41, 5.74) is 6.08. The molecule has 2 aromatic heterocycles. The van der Waals surface area contributed by atoms with Crippen LogP contribution in [0, 0.1) is 0 Å². The second-order valence-corrected chi connectivity index (χ2v) is 5.07. The minimum Gasteiger partial charge on any atom is -0.354 e. The number of aliphatic imine (C=N–C) groups is 2. The highest BCUT2D eigenvalue weighted by Crippen LogP contribution is 2.21. The van der Waals surface area contributed by atoms with Crippen molar-refractivity contribution in [3.05, 3.63) is 71.4 Å². The van der Waals surface area contributed by atoms with Crippen molar-refractivity contribution in [2.24, 2.45) is 9.98 Å². The van der Waals surface area contributed by atoms with E-state index < -0.39 is 0 Å². The first kappa shape index (κ1) is 12.6. The van der Waals surface area contributed by atoms with Crippen molar-refractivity contribution in [3.8, 4) is 11.4 Å². The molecule has 0 unspecified atom stereocenters. The predicted molar refractivity (Wildman–Crippen MR) is 91.8 cm³/mol. The lowest BCUT2D eigenvalue weighted by molar-refractivity contribution is 1.29. The van der Waals surface area contributed by atoms with Gasteiger partial charge in [0, 0.05) is 23.8 Å². The molecule has 2 aliphatic heterocycles. The molecule has 2 N–H and O–H groups in total. The van der Waals surface area contributed by atoms with E-state index in [0.29, 0.717) is 0 Å². The normalized spacial score (nSPS) is 19.3. The summed E-state index contributed by atoms with van der Waals surface area (Å²) in [4.78, 5) is 15.3. The molecule has 4 rings (SSSR count). The van der Waals surface area contributed by atoms with Crippen molar-refractivity contribution < 1.29 is 0 Å². The smallest absolute Gasteiger partial charge is 0.0650 e. The number of hydrogen-bond acceptors (Lipinski definition) is 2. The highest BCUT2D eigenvalue weighted by Gasteiger charge is 2.04. The maximum Gasteiger partial charge on any atom is 0.0650 e. The van der Waals surface area contributed by atoms with E-state index in [-0.39, 0.29) is 0 Å². The molecule has 22 heavy (non-hydrogen) atoms. The van der Waals surface area contributed by atoms with Crippen LogP contribution in [0.5, 0.6) is 0 Å². The quantitative estimate of drug-likeness (QED) is 0.857.